The number of carbonyl (C=O) groups excluding carboxylic acids is 1. The summed E-state index contributed by atoms with van der Waals surface area (Å²) in [5.41, 5.74) is -0.518. The average Bonchev–Trinajstić information content (AvgIpc) is 2.16. The van der Waals surface area contributed by atoms with E-state index in [-0.39, 0.29) is 17.1 Å². The third kappa shape index (κ3) is 2.04. The van der Waals surface area contributed by atoms with Gasteiger partial charge in [0.1, 0.15) is 0 Å². The molecule has 1 N–H and O–H groups in total. The number of nitrogens with zero attached hydrogens (tertiary/aromatic N) is 1. The van der Waals surface area contributed by atoms with Gasteiger partial charge in [-0.05, 0) is 6.92 Å². The van der Waals surface area contributed by atoms with Crippen LogP contribution in [0.2, 0.25) is 0 Å². The van der Waals surface area contributed by atoms with E-state index in [0.29, 0.717) is 0 Å². The van der Waals surface area contributed by atoms with Crippen molar-refractivity contribution in [3.63, 3.8) is 0 Å². The van der Waals surface area contributed by atoms with E-state index in [9.17, 15) is 20.0 Å². The number of phenols is 1. The molecule has 0 amide bonds. The summed E-state index contributed by atoms with van der Waals surface area (Å²) in [6, 6.07) is 2.05. The van der Waals surface area contributed by atoms with Gasteiger partial charge in [-0.1, -0.05) is 0 Å². The number of Topliss-reactive ketones (excluding diaryl/α,β-unsaturated/α-hetero) is 1. The molecule has 0 aromatic heterocycles. The van der Waals surface area contributed by atoms with Crippen LogP contribution < -0.4 is 4.74 Å². The normalized spacial score (nSPS) is 9.73. The fraction of sp³-hybridized carbons (Fsp3) is 0.222. The first kappa shape index (κ1) is 11.0. The maximum absolute atomic E-state index is 11.1. The van der Waals surface area contributed by atoms with Gasteiger partial charge in [0.25, 0.3) is 5.69 Å². The molecule has 1 aromatic carbocycles. The molecule has 0 atom stereocenters. The van der Waals surface area contributed by atoms with Crippen molar-refractivity contribution in [2.24, 2.45) is 0 Å². The fourth-order valence-electron chi connectivity index (χ4n) is 1.15. The lowest BCUT2D eigenvalue weighted by molar-refractivity contribution is -0.385. The van der Waals surface area contributed by atoms with Gasteiger partial charge in [0.2, 0.25) is 0 Å². The first-order chi connectivity index (χ1) is 6.97. The standard InChI is InChI=1S/C9H9NO5/c1-5(11)6-3-9(15-2)8(12)4-7(6)10(13)14/h3-4,12H,1-2H3. The largest absolute Gasteiger partial charge is 0.504 e. The molecule has 0 aliphatic rings. The Labute approximate surface area is 85.2 Å². The van der Waals surface area contributed by atoms with E-state index >= 15 is 0 Å². The Hall–Kier alpha value is -2.11. The molecule has 0 aliphatic carbocycles. The quantitative estimate of drug-likeness (QED) is 0.465. The van der Waals surface area contributed by atoms with E-state index < -0.39 is 16.4 Å². The van der Waals surface area contributed by atoms with Crippen molar-refractivity contribution in [1.29, 1.82) is 0 Å². The molecule has 0 radical (unpaired) electrons. The number of benzene rings is 1. The Morgan fingerprint density at radius 1 is 1.53 bits per heavy atom. The molecule has 6 nitrogen and oxygen atoms in total. The molecule has 0 unspecified atom stereocenters. The first-order valence-corrected chi connectivity index (χ1v) is 4.03. The van der Waals surface area contributed by atoms with Crippen LogP contribution >= 0.6 is 0 Å². The molecule has 0 saturated heterocycles. The fourth-order valence-corrected chi connectivity index (χ4v) is 1.15. The highest BCUT2D eigenvalue weighted by atomic mass is 16.6. The highest BCUT2D eigenvalue weighted by Gasteiger charge is 2.21. The average molecular weight is 211 g/mol. The Kier molecular flexibility index (Phi) is 2.89. The van der Waals surface area contributed by atoms with Crippen molar-refractivity contribution < 1.29 is 19.6 Å². The summed E-state index contributed by atoms with van der Waals surface area (Å²) in [5.74, 6) is -0.792. The molecule has 0 aliphatic heterocycles. The van der Waals surface area contributed by atoms with Gasteiger partial charge in [0, 0.05) is 6.07 Å². The Bertz CT molecular complexity index is 427. The number of nitro benzene ring substituents is 1. The lowest BCUT2D eigenvalue weighted by Crippen LogP contribution is -2.01. The minimum absolute atomic E-state index is 0.0331. The Morgan fingerprint density at radius 3 is 2.53 bits per heavy atom. The lowest BCUT2D eigenvalue weighted by atomic mass is 10.1. The van der Waals surface area contributed by atoms with Gasteiger partial charge in [0.05, 0.1) is 23.7 Å². The molecule has 0 bridgehead atoms. The Balaban J connectivity index is 3.45. The van der Waals surface area contributed by atoms with Crippen LogP contribution in [0, 0.1) is 10.1 Å². The lowest BCUT2D eigenvalue weighted by Gasteiger charge is -2.05. The van der Waals surface area contributed by atoms with Crippen molar-refractivity contribution in [1.82, 2.24) is 0 Å². The smallest absolute Gasteiger partial charge is 0.284 e. The van der Waals surface area contributed by atoms with Gasteiger partial charge in [-0.15, -0.1) is 0 Å². The van der Waals surface area contributed by atoms with Gasteiger partial charge in [-0.2, -0.15) is 0 Å². The minimum atomic E-state index is -0.726. The summed E-state index contributed by atoms with van der Waals surface area (Å²) < 4.78 is 4.75. The van der Waals surface area contributed by atoms with Crippen molar-refractivity contribution in [3.05, 3.63) is 27.8 Å². The molecule has 0 spiro atoms. The Morgan fingerprint density at radius 2 is 2.13 bits per heavy atom. The van der Waals surface area contributed by atoms with Crippen LogP contribution in [0.5, 0.6) is 11.5 Å². The van der Waals surface area contributed by atoms with Crippen molar-refractivity contribution in [3.8, 4) is 11.5 Å². The predicted octanol–water partition coefficient (Wildman–Crippen LogP) is 1.51. The number of nitro groups is 1. The molecule has 0 heterocycles. The SMILES string of the molecule is COc1cc(C(C)=O)c([N+](=O)[O-])cc1O. The van der Waals surface area contributed by atoms with Crippen LogP contribution in [0.1, 0.15) is 17.3 Å². The van der Waals surface area contributed by atoms with Gasteiger partial charge in [-0.25, -0.2) is 0 Å². The second-order valence-corrected chi connectivity index (χ2v) is 2.85. The summed E-state index contributed by atoms with van der Waals surface area (Å²) >= 11 is 0. The second-order valence-electron chi connectivity index (χ2n) is 2.85. The molecule has 0 saturated carbocycles. The number of hydrogen-bond acceptors (Lipinski definition) is 5. The van der Waals surface area contributed by atoms with Gasteiger partial charge in [-0.3, -0.25) is 14.9 Å². The monoisotopic (exact) mass is 211 g/mol. The van der Waals surface area contributed by atoms with E-state index in [4.69, 9.17) is 4.74 Å². The predicted molar refractivity (Wildman–Crippen MR) is 51.3 cm³/mol. The number of methoxy groups -OCH3 is 1. The van der Waals surface area contributed by atoms with E-state index in [0.717, 1.165) is 12.1 Å². The van der Waals surface area contributed by atoms with E-state index in [2.05, 4.69) is 0 Å². The van der Waals surface area contributed by atoms with Crippen LogP contribution in [0.15, 0.2) is 12.1 Å². The summed E-state index contributed by atoms with van der Waals surface area (Å²) in [4.78, 5) is 21.0. The summed E-state index contributed by atoms with van der Waals surface area (Å²) in [6.07, 6.45) is 0. The number of ketones is 1. The zero-order valence-electron chi connectivity index (χ0n) is 8.18. The molecule has 0 fully saturated rings. The summed E-state index contributed by atoms with van der Waals surface area (Å²) in [6.45, 7) is 1.21. The van der Waals surface area contributed by atoms with Gasteiger partial charge >= 0.3 is 0 Å². The second kappa shape index (κ2) is 3.95. The zero-order valence-corrected chi connectivity index (χ0v) is 8.18. The van der Waals surface area contributed by atoms with Crippen LogP contribution in [-0.2, 0) is 0 Å². The summed E-state index contributed by atoms with van der Waals surface area (Å²) in [7, 11) is 1.30. The van der Waals surface area contributed by atoms with Crippen molar-refractivity contribution in [2.45, 2.75) is 6.92 Å². The highest BCUT2D eigenvalue weighted by molar-refractivity contribution is 5.98. The van der Waals surface area contributed by atoms with Gasteiger partial charge < -0.3 is 9.84 Å². The van der Waals surface area contributed by atoms with E-state index in [1.165, 1.54) is 14.0 Å². The number of carbonyl (C=O) groups is 1. The topological polar surface area (TPSA) is 89.7 Å². The van der Waals surface area contributed by atoms with E-state index in [1.807, 2.05) is 0 Å². The number of phenolic OH excluding ortho intramolecular Hbond substituents is 1. The van der Waals surface area contributed by atoms with E-state index in [1.54, 1.807) is 0 Å². The highest BCUT2D eigenvalue weighted by Crippen LogP contribution is 2.33. The third-order valence-electron chi connectivity index (χ3n) is 1.87. The van der Waals surface area contributed by atoms with Crippen molar-refractivity contribution in [2.75, 3.05) is 7.11 Å². The maximum atomic E-state index is 11.1. The number of ether oxygens (including phenoxy) is 1. The third-order valence-corrected chi connectivity index (χ3v) is 1.87. The molecule has 6 heteroatoms. The number of rotatable bonds is 3. The molecular formula is C9H9NO5. The molecule has 1 aromatic rings. The van der Waals surface area contributed by atoms with Crippen LogP contribution in [0.3, 0.4) is 0 Å². The first-order valence-electron chi connectivity index (χ1n) is 4.03. The molecular weight excluding hydrogens is 202 g/mol. The maximum Gasteiger partial charge on any atom is 0.284 e. The number of aromatic hydroxyl groups is 1. The zero-order chi connectivity index (χ0) is 11.6. The molecule has 1 rings (SSSR count). The van der Waals surface area contributed by atoms with Crippen LogP contribution in [0.4, 0.5) is 5.69 Å². The number of hydrogen-bond donors (Lipinski definition) is 1. The van der Waals surface area contributed by atoms with Crippen molar-refractivity contribution >= 4 is 11.5 Å². The molecule has 80 valence electrons. The molecule has 15 heavy (non-hydrogen) atoms. The summed E-state index contributed by atoms with van der Waals surface area (Å²) in [5, 5.41) is 19.9. The van der Waals surface area contributed by atoms with Crippen LogP contribution in [-0.4, -0.2) is 22.9 Å². The minimum Gasteiger partial charge on any atom is -0.504 e. The van der Waals surface area contributed by atoms with Gasteiger partial charge in [0.15, 0.2) is 17.3 Å². The van der Waals surface area contributed by atoms with Crippen LogP contribution in [0.25, 0.3) is 0 Å².